The second kappa shape index (κ2) is 8.29. The molecule has 0 radical (unpaired) electrons. The van der Waals surface area contributed by atoms with Gasteiger partial charge in [0.1, 0.15) is 5.69 Å². The van der Waals surface area contributed by atoms with Crippen molar-refractivity contribution in [3.8, 4) is 0 Å². The van der Waals surface area contributed by atoms with Crippen molar-refractivity contribution < 1.29 is 4.79 Å². The summed E-state index contributed by atoms with van der Waals surface area (Å²) in [7, 11) is 0. The summed E-state index contributed by atoms with van der Waals surface area (Å²) in [5.74, 6) is 0.207. The number of benzene rings is 1. The number of halogens is 1. The number of carbonyl (C=O) groups excluding carboxylic acids is 1. The summed E-state index contributed by atoms with van der Waals surface area (Å²) in [4.78, 5) is 20.6. The number of nitrogens with one attached hydrogen (secondary N) is 2. The minimum absolute atomic E-state index is 0.217. The zero-order valence-electron chi connectivity index (χ0n) is 13.0. The van der Waals surface area contributed by atoms with Gasteiger partial charge in [-0.1, -0.05) is 29.8 Å². The Balaban J connectivity index is 1.93. The van der Waals surface area contributed by atoms with Gasteiger partial charge in [-0.05, 0) is 37.1 Å². The predicted molar refractivity (Wildman–Crippen MR) is 92.9 cm³/mol. The van der Waals surface area contributed by atoms with Crippen LogP contribution in [-0.4, -0.2) is 29.0 Å². The highest BCUT2D eigenvalue weighted by Gasteiger charge is 2.10. The summed E-state index contributed by atoms with van der Waals surface area (Å²) >= 11 is 5.85. The molecule has 1 amide bonds. The first-order valence-corrected chi connectivity index (χ1v) is 7.69. The highest BCUT2D eigenvalue weighted by atomic mass is 35.5. The molecule has 2 rings (SSSR count). The van der Waals surface area contributed by atoms with Crippen LogP contribution in [0.2, 0.25) is 5.02 Å². The van der Waals surface area contributed by atoms with Crippen LogP contribution in [0.3, 0.4) is 0 Å². The largest absolute Gasteiger partial charge is 0.351 e. The van der Waals surface area contributed by atoms with Crippen LogP contribution >= 0.6 is 11.6 Å². The first-order chi connectivity index (χ1) is 11.1. The van der Waals surface area contributed by atoms with Crippen molar-refractivity contribution in [3.05, 3.63) is 65.0 Å². The molecule has 0 saturated carbocycles. The fourth-order valence-electron chi connectivity index (χ4n) is 1.99. The van der Waals surface area contributed by atoms with Gasteiger partial charge in [0, 0.05) is 23.8 Å². The topological polar surface area (TPSA) is 66.9 Å². The van der Waals surface area contributed by atoms with Crippen LogP contribution in [0.25, 0.3) is 0 Å². The lowest BCUT2D eigenvalue weighted by Crippen LogP contribution is -2.27. The maximum atomic E-state index is 12.2. The van der Waals surface area contributed by atoms with Crippen LogP contribution in [0.5, 0.6) is 0 Å². The number of nitrogens with zero attached hydrogens (tertiary/aromatic N) is 2. The summed E-state index contributed by atoms with van der Waals surface area (Å²) in [5, 5.41) is 6.55. The molecule has 5 nitrogen and oxygen atoms in total. The second-order valence-electron chi connectivity index (χ2n) is 5.02. The van der Waals surface area contributed by atoms with Gasteiger partial charge in [0.25, 0.3) is 5.91 Å². The van der Waals surface area contributed by atoms with E-state index in [4.69, 9.17) is 11.6 Å². The van der Waals surface area contributed by atoms with Gasteiger partial charge in [0.05, 0.1) is 0 Å². The van der Waals surface area contributed by atoms with Crippen molar-refractivity contribution >= 4 is 23.5 Å². The van der Waals surface area contributed by atoms with Crippen molar-refractivity contribution in [2.24, 2.45) is 0 Å². The molecule has 0 saturated heterocycles. The molecule has 0 aliphatic rings. The van der Waals surface area contributed by atoms with E-state index in [-0.39, 0.29) is 5.91 Å². The second-order valence-corrected chi connectivity index (χ2v) is 5.46. The van der Waals surface area contributed by atoms with Gasteiger partial charge in [-0.25, -0.2) is 9.97 Å². The number of hydrogen-bond acceptors (Lipinski definition) is 4. The maximum absolute atomic E-state index is 12.2. The monoisotopic (exact) mass is 330 g/mol. The van der Waals surface area contributed by atoms with Gasteiger partial charge in [-0.2, -0.15) is 0 Å². The minimum Gasteiger partial charge on any atom is -0.351 e. The number of hydrogen-bond donors (Lipinski definition) is 2. The Morgan fingerprint density at radius 2 is 2.04 bits per heavy atom. The van der Waals surface area contributed by atoms with Crippen molar-refractivity contribution in [1.82, 2.24) is 15.3 Å². The van der Waals surface area contributed by atoms with Crippen LogP contribution in [-0.2, 0) is 6.42 Å². The number of aromatic nitrogens is 2. The Morgan fingerprint density at radius 3 is 2.74 bits per heavy atom. The van der Waals surface area contributed by atoms with Crippen molar-refractivity contribution in [2.75, 3.05) is 18.4 Å². The summed E-state index contributed by atoms with van der Waals surface area (Å²) in [6.07, 6.45) is 2.44. The molecule has 0 bridgehead atoms. The molecule has 0 aliphatic carbocycles. The summed E-state index contributed by atoms with van der Waals surface area (Å²) in [6.45, 7) is 6.52. The number of amides is 1. The standard InChI is InChI=1S/C17H19ClN4O/c1-3-9-20-17-21-12(2)11-15(22-17)16(23)19-10-8-13-4-6-14(18)7-5-13/h3-7,11H,1,8-10H2,2H3,(H,19,23)(H,20,21,22). The van der Waals surface area contributed by atoms with Crippen molar-refractivity contribution in [2.45, 2.75) is 13.3 Å². The number of anilines is 1. The molecule has 1 aromatic carbocycles. The summed E-state index contributed by atoms with van der Waals surface area (Å²) in [6, 6.07) is 9.23. The van der Waals surface area contributed by atoms with Crippen LogP contribution in [0.4, 0.5) is 5.95 Å². The zero-order chi connectivity index (χ0) is 16.7. The lowest BCUT2D eigenvalue weighted by atomic mass is 10.1. The van der Waals surface area contributed by atoms with Gasteiger partial charge in [0.15, 0.2) is 0 Å². The Hall–Kier alpha value is -2.40. The van der Waals surface area contributed by atoms with Crippen LogP contribution in [0.15, 0.2) is 43.0 Å². The molecular weight excluding hydrogens is 312 g/mol. The molecule has 2 N–H and O–H groups in total. The van der Waals surface area contributed by atoms with E-state index >= 15 is 0 Å². The minimum atomic E-state index is -0.217. The van der Waals surface area contributed by atoms with E-state index in [9.17, 15) is 4.79 Å². The molecule has 23 heavy (non-hydrogen) atoms. The first-order valence-electron chi connectivity index (χ1n) is 7.31. The van der Waals surface area contributed by atoms with Gasteiger partial charge >= 0.3 is 0 Å². The number of carbonyl (C=O) groups is 1. The smallest absolute Gasteiger partial charge is 0.270 e. The third-order valence-corrected chi connectivity index (χ3v) is 3.36. The van der Waals surface area contributed by atoms with Crippen LogP contribution < -0.4 is 10.6 Å². The lowest BCUT2D eigenvalue weighted by Gasteiger charge is -2.08. The molecule has 0 fully saturated rings. The van der Waals surface area contributed by atoms with Gasteiger partial charge in [0.2, 0.25) is 5.95 Å². The molecule has 0 spiro atoms. The average Bonchev–Trinajstić information content (AvgIpc) is 2.54. The molecule has 0 unspecified atom stereocenters. The number of rotatable bonds is 7. The molecule has 0 atom stereocenters. The van der Waals surface area contributed by atoms with Crippen molar-refractivity contribution in [1.29, 1.82) is 0 Å². The fourth-order valence-corrected chi connectivity index (χ4v) is 2.12. The Labute approximate surface area is 140 Å². The van der Waals surface area contributed by atoms with Gasteiger partial charge in [-0.15, -0.1) is 6.58 Å². The average molecular weight is 331 g/mol. The quantitative estimate of drug-likeness (QED) is 0.766. The molecule has 6 heteroatoms. The SMILES string of the molecule is C=CCNc1nc(C)cc(C(=O)NCCc2ccc(Cl)cc2)n1. The van der Waals surface area contributed by atoms with E-state index in [1.807, 2.05) is 31.2 Å². The third-order valence-electron chi connectivity index (χ3n) is 3.10. The van der Waals surface area contributed by atoms with E-state index in [2.05, 4.69) is 27.2 Å². The molecule has 120 valence electrons. The molecule has 1 heterocycles. The van der Waals surface area contributed by atoms with Gasteiger partial charge in [-0.3, -0.25) is 4.79 Å². The fraction of sp³-hybridized carbons (Fsp3) is 0.235. The van der Waals surface area contributed by atoms with Gasteiger partial charge < -0.3 is 10.6 Å². The highest BCUT2D eigenvalue weighted by molar-refractivity contribution is 6.30. The van der Waals surface area contributed by atoms with E-state index in [1.165, 1.54) is 0 Å². The molecular formula is C17H19ClN4O. The van der Waals surface area contributed by atoms with E-state index in [0.717, 1.165) is 17.7 Å². The first kappa shape index (κ1) is 17.0. The Morgan fingerprint density at radius 1 is 1.30 bits per heavy atom. The lowest BCUT2D eigenvalue weighted by molar-refractivity contribution is 0.0949. The maximum Gasteiger partial charge on any atom is 0.270 e. The van der Waals surface area contributed by atoms with Crippen LogP contribution in [0, 0.1) is 6.92 Å². The Kier molecular flexibility index (Phi) is 6.11. The summed E-state index contributed by atoms with van der Waals surface area (Å²) < 4.78 is 0. The molecule has 1 aromatic heterocycles. The third kappa shape index (κ3) is 5.38. The van der Waals surface area contributed by atoms with E-state index in [0.29, 0.717) is 29.8 Å². The molecule has 0 aliphatic heterocycles. The molecule has 2 aromatic rings. The predicted octanol–water partition coefficient (Wildman–Crippen LogP) is 3.01. The van der Waals surface area contributed by atoms with Crippen molar-refractivity contribution in [3.63, 3.8) is 0 Å². The normalized spacial score (nSPS) is 10.2. The van der Waals surface area contributed by atoms with E-state index < -0.39 is 0 Å². The highest BCUT2D eigenvalue weighted by Crippen LogP contribution is 2.10. The van der Waals surface area contributed by atoms with Crippen LogP contribution in [0.1, 0.15) is 21.7 Å². The zero-order valence-corrected chi connectivity index (χ0v) is 13.7. The summed E-state index contributed by atoms with van der Waals surface area (Å²) in [5.41, 5.74) is 2.19. The number of aryl methyl sites for hydroxylation is 1. The Bertz CT molecular complexity index is 685. The van der Waals surface area contributed by atoms with E-state index in [1.54, 1.807) is 12.1 Å².